The molecule has 2 aromatic rings. The van der Waals surface area contributed by atoms with Crippen LogP contribution in [0.1, 0.15) is 60.7 Å². The van der Waals surface area contributed by atoms with Crippen molar-refractivity contribution < 1.29 is 13.7 Å². The van der Waals surface area contributed by atoms with Gasteiger partial charge in [0.05, 0.1) is 12.8 Å². The molecule has 0 aromatic carbocycles. The number of hydrogen-bond donors (Lipinski definition) is 0. The SMILES string of the molecule is CC(C)CCN(Cc1ccco1)C(=O)c1noc2c1CCCC2. The van der Waals surface area contributed by atoms with Gasteiger partial charge in [0.1, 0.15) is 11.5 Å². The van der Waals surface area contributed by atoms with Crippen LogP contribution in [-0.4, -0.2) is 22.5 Å². The van der Waals surface area contributed by atoms with E-state index in [0.29, 0.717) is 24.7 Å². The standard InChI is InChI=1S/C18H24N2O3/c1-13(2)9-10-20(12-14-6-5-11-22-14)18(21)17-15-7-3-4-8-16(15)23-19-17/h5-6,11,13H,3-4,7-10,12H2,1-2H3. The number of furan rings is 1. The van der Waals surface area contributed by atoms with Gasteiger partial charge in [-0.3, -0.25) is 4.79 Å². The lowest BCUT2D eigenvalue weighted by Crippen LogP contribution is -2.33. The molecule has 124 valence electrons. The van der Waals surface area contributed by atoms with Gasteiger partial charge in [-0.2, -0.15) is 0 Å². The fourth-order valence-electron chi connectivity index (χ4n) is 2.96. The maximum Gasteiger partial charge on any atom is 0.276 e. The molecular formula is C18H24N2O3. The van der Waals surface area contributed by atoms with Crippen molar-refractivity contribution in [3.8, 4) is 0 Å². The van der Waals surface area contributed by atoms with Crippen molar-refractivity contribution >= 4 is 5.91 Å². The molecule has 1 aliphatic rings. The van der Waals surface area contributed by atoms with E-state index in [4.69, 9.17) is 8.94 Å². The minimum absolute atomic E-state index is 0.0473. The molecule has 1 aliphatic carbocycles. The van der Waals surface area contributed by atoms with E-state index in [2.05, 4.69) is 19.0 Å². The molecule has 5 heteroatoms. The highest BCUT2D eigenvalue weighted by atomic mass is 16.5. The average molecular weight is 316 g/mol. The summed E-state index contributed by atoms with van der Waals surface area (Å²) in [5.74, 6) is 2.17. The van der Waals surface area contributed by atoms with E-state index in [9.17, 15) is 4.79 Å². The van der Waals surface area contributed by atoms with Crippen LogP contribution in [0, 0.1) is 5.92 Å². The van der Waals surface area contributed by atoms with Gasteiger partial charge >= 0.3 is 0 Å². The number of fused-ring (bicyclic) bond motifs is 1. The molecule has 0 unspecified atom stereocenters. The predicted octanol–water partition coefficient (Wildman–Crippen LogP) is 3.83. The van der Waals surface area contributed by atoms with Crippen LogP contribution < -0.4 is 0 Å². The minimum Gasteiger partial charge on any atom is -0.467 e. The summed E-state index contributed by atoms with van der Waals surface area (Å²) in [4.78, 5) is 14.8. The molecule has 1 amide bonds. The molecule has 2 aromatic heterocycles. The highest BCUT2D eigenvalue weighted by Gasteiger charge is 2.27. The second-order valence-corrected chi connectivity index (χ2v) is 6.63. The van der Waals surface area contributed by atoms with Crippen LogP contribution in [0.5, 0.6) is 0 Å². The summed E-state index contributed by atoms with van der Waals surface area (Å²) in [6.45, 7) is 5.49. The zero-order valence-corrected chi connectivity index (χ0v) is 13.9. The van der Waals surface area contributed by atoms with Gasteiger partial charge in [0.2, 0.25) is 0 Å². The molecule has 0 saturated heterocycles. The third-order valence-corrected chi connectivity index (χ3v) is 4.34. The second kappa shape index (κ2) is 7.02. The van der Waals surface area contributed by atoms with Crippen LogP contribution in [0.2, 0.25) is 0 Å². The third kappa shape index (κ3) is 3.66. The zero-order chi connectivity index (χ0) is 16.2. The zero-order valence-electron chi connectivity index (χ0n) is 13.9. The van der Waals surface area contributed by atoms with Crippen LogP contribution in [-0.2, 0) is 19.4 Å². The Labute approximate surface area is 136 Å². The molecule has 5 nitrogen and oxygen atoms in total. The molecule has 0 N–H and O–H groups in total. The number of carbonyl (C=O) groups is 1. The highest BCUT2D eigenvalue weighted by Crippen LogP contribution is 2.25. The van der Waals surface area contributed by atoms with Crippen molar-refractivity contribution in [3.05, 3.63) is 41.2 Å². The lowest BCUT2D eigenvalue weighted by atomic mass is 9.96. The van der Waals surface area contributed by atoms with Crippen molar-refractivity contribution in [2.45, 2.75) is 52.5 Å². The summed E-state index contributed by atoms with van der Waals surface area (Å²) < 4.78 is 10.8. The summed E-state index contributed by atoms with van der Waals surface area (Å²) in [6, 6.07) is 3.74. The van der Waals surface area contributed by atoms with Crippen LogP contribution in [0.25, 0.3) is 0 Å². The van der Waals surface area contributed by atoms with Crippen molar-refractivity contribution in [1.82, 2.24) is 10.1 Å². The predicted molar refractivity (Wildman–Crippen MR) is 86.0 cm³/mol. The topological polar surface area (TPSA) is 59.5 Å². The molecule has 0 bridgehead atoms. The molecule has 0 spiro atoms. The van der Waals surface area contributed by atoms with Crippen molar-refractivity contribution in [3.63, 3.8) is 0 Å². The van der Waals surface area contributed by atoms with Crippen LogP contribution >= 0.6 is 0 Å². The first kappa shape index (κ1) is 15.8. The number of hydrogen-bond acceptors (Lipinski definition) is 4. The smallest absolute Gasteiger partial charge is 0.276 e. The molecule has 0 radical (unpaired) electrons. The van der Waals surface area contributed by atoms with Gasteiger partial charge in [0.15, 0.2) is 5.69 Å². The first-order valence-corrected chi connectivity index (χ1v) is 8.44. The quantitative estimate of drug-likeness (QED) is 0.812. The Kier molecular flexibility index (Phi) is 4.84. The Morgan fingerprint density at radius 3 is 2.91 bits per heavy atom. The average Bonchev–Trinajstić information content (AvgIpc) is 3.20. The fraction of sp³-hybridized carbons (Fsp3) is 0.556. The van der Waals surface area contributed by atoms with E-state index >= 15 is 0 Å². The van der Waals surface area contributed by atoms with Gasteiger partial charge in [0.25, 0.3) is 5.91 Å². The van der Waals surface area contributed by atoms with Crippen molar-refractivity contribution in [2.75, 3.05) is 6.54 Å². The molecule has 2 heterocycles. The second-order valence-electron chi connectivity index (χ2n) is 6.63. The Morgan fingerprint density at radius 2 is 2.17 bits per heavy atom. The van der Waals surface area contributed by atoms with E-state index in [1.54, 1.807) is 6.26 Å². The number of aromatic nitrogens is 1. The monoisotopic (exact) mass is 316 g/mol. The first-order chi connectivity index (χ1) is 11.1. The highest BCUT2D eigenvalue weighted by molar-refractivity contribution is 5.93. The summed E-state index contributed by atoms with van der Waals surface area (Å²) in [5, 5.41) is 4.08. The number of amides is 1. The number of nitrogens with zero attached hydrogens (tertiary/aromatic N) is 2. The number of carbonyl (C=O) groups excluding carboxylic acids is 1. The van der Waals surface area contributed by atoms with Gasteiger partial charge in [-0.15, -0.1) is 0 Å². The lowest BCUT2D eigenvalue weighted by molar-refractivity contribution is 0.0712. The fourth-order valence-corrected chi connectivity index (χ4v) is 2.96. The van der Waals surface area contributed by atoms with Crippen LogP contribution in [0.15, 0.2) is 27.3 Å². The normalized spacial score (nSPS) is 14.0. The molecule has 3 rings (SSSR count). The van der Waals surface area contributed by atoms with E-state index in [-0.39, 0.29) is 5.91 Å². The van der Waals surface area contributed by atoms with Crippen LogP contribution in [0.3, 0.4) is 0 Å². The number of aryl methyl sites for hydroxylation is 1. The summed E-state index contributed by atoms with van der Waals surface area (Å²) in [7, 11) is 0. The van der Waals surface area contributed by atoms with Gasteiger partial charge in [-0.25, -0.2) is 0 Å². The summed E-state index contributed by atoms with van der Waals surface area (Å²) in [6.07, 6.45) is 6.57. The maximum atomic E-state index is 13.0. The lowest BCUT2D eigenvalue weighted by Gasteiger charge is -2.22. The Morgan fingerprint density at radius 1 is 1.35 bits per heavy atom. The Bertz CT molecular complexity index is 643. The van der Waals surface area contributed by atoms with Gasteiger partial charge < -0.3 is 13.8 Å². The van der Waals surface area contributed by atoms with E-state index < -0.39 is 0 Å². The van der Waals surface area contributed by atoms with Crippen molar-refractivity contribution in [1.29, 1.82) is 0 Å². The van der Waals surface area contributed by atoms with Gasteiger partial charge in [-0.05, 0) is 43.7 Å². The van der Waals surface area contributed by atoms with E-state index in [0.717, 1.165) is 49.2 Å². The largest absolute Gasteiger partial charge is 0.467 e. The summed E-state index contributed by atoms with van der Waals surface area (Å²) in [5.41, 5.74) is 1.50. The molecule has 0 atom stereocenters. The third-order valence-electron chi connectivity index (χ3n) is 4.34. The summed E-state index contributed by atoms with van der Waals surface area (Å²) >= 11 is 0. The van der Waals surface area contributed by atoms with E-state index in [1.807, 2.05) is 17.0 Å². The maximum absolute atomic E-state index is 13.0. The Hall–Kier alpha value is -2.04. The first-order valence-electron chi connectivity index (χ1n) is 8.44. The van der Waals surface area contributed by atoms with E-state index in [1.165, 1.54) is 0 Å². The molecule has 0 fully saturated rings. The molecule has 0 saturated carbocycles. The molecule has 0 aliphatic heterocycles. The molecular weight excluding hydrogens is 292 g/mol. The number of rotatable bonds is 6. The van der Waals surface area contributed by atoms with Gasteiger partial charge in [0, 0.05) is 18.5 Å². The minimum atomic E-state index is -0.0473. The van der Waals surface area contributed by atoms with Crippen LogP contribution in [0.4, 0.5) is 0 Å². The molecule has 23 heavy (non-hydrogen) atoms. The Balaban J connectivity index is 1.80. The van der Waals surface area contributed by atoms with Crippen molar-refractivity contribution in [2.24, 2.45) is 5.92 Å². The van der Waals surface area contributed by atoms with Gasteiger partial charge in [-0.1, -0.05) is 19.0 Å².